The van der Waals surface area contributed by atoms with E-state index in [1.807, 2.05) is 13.0 Å². The highest BCUT2D eigenvalue weighted by molar-refractivity contribution is 7.92. The maximum absolute atomic E-state index is 12.3. The van der Waals surface area contributed by atoms with Gasteiger partial charge in [0.05, 0.1) is 22.3 Å². The number of sulfonamides is 1. The molecular weight excluding hydrogens is 274 g/mol. The number of benzene rings is 2. The third-order valence-corrected chi connectivity index (χ3v) is 4.44. The maximum Gasteiger partial charge on any atom is 0.261 e. The number of aromatic nitrogens is 2. The standard InChI is InChI=1S/C14H13N3O2S/c1-10-5-7-11(8-6-10)20(18,19)17-14-4-2-3-13-12(14)9-15-16-13/h2-9,17H,1H3,(H,15,16). The Hall–Kier alpha value is -2.34. The highest BCUT2D eigenvalue weighted by Crippen LogP contribution is 2.24. The first-order chi connectivity index (χ1) is 9.56. The molecule has 0 bridgehead atoms. The summed E-state index contributed by atoms with van der Waals surface area (Å²) in [6.07, 6.45) is 1.60. The Bertz CT molecular complexity index is 852. The highest BCUT2D eigenvalue weighted by Gasteiger charge is 2.15. The van der Waals surface area contributed by atoms with E-state index in [4.69, 9.17) is 0 Å². The van der Waals surface area contributed by atoms with E-state index in [2.05, 4.69) is 14.9 Å². The fraction of sp³-hybridized carbons (Fsp3) is 0.0714. The van der Waals surface area contributed by atoms with E-state index in [0.717, 1.165) is 16.5 Å². The van der Waals surface area contributed by atoms with E-state index in [1.54, 1.807) is 42.6 Å². The van der Waals surface area contributed by atoms with Crippen LogP contribution >= 0.6 is 0 Å². The number of hydrogen-bond acceptors (Lipinski definition) is 3. The number of H-pyrrole nitrogens is 1. The van der Waals surface area contributed by atoms with Gasteiger partial charge >= 0.3 is 0 Å². The van der Waals surface area contributed by atoms with E-state index in [9.17, 15) is 8.42 Å². The minimum Gasteiger partial charge on any atom is -0.279 e. The molecule has 0 radical (unpaired) electrons. The molecule has 0 saturated heterocycles. The van der Waals surface area contributed by atoms with Crippen molar-refractivity contribution in [2.45, 2.75) is 11.8 Å². The van der Waals surface area contributed by atoms with Gasteiger partial charge in [0.1, 0.15) is 0 Å². The molecule has 0 saturated carbocycles. The van der Waals surface area contributed by atoms with Crippen molar-refractivity contribution in [3.05, 3.63) is 54.2 Å². The number of aromatic amines is 1. The number of aryl methyl sites for hydroxylation is 1. The number of rotatable bonds is 3. The topological polar surface area (TPSA) is 74.8 Å². The van der Waals surface area contributed by atoms with E-state index >= 15 is 0 Å². The highest BCUT2D eigenvalue weighted by atomic mass is 32.2. The molecule has 3 aromatic rings. The Morgan fingerprint density at radius 1 is 1.10 bits per heavy atom. The third-order valence-electron chi connectivity index (χ3n) is 3.06. The van der Waals surface area contributed by atoms with Gasteiger partial charge in [-0.15, -0.1) is 0 Å². The van der Waals surface area contributed by atoms with Gasteiger partial charge < -0.3 is 0 Å². The summed E-state index contributed by atoms with van der Waals surface area (Å²) in [5.74, 6) is 0. The monoisotopic (exact) mass is 287 g/mol. The Morgan fingerprint density at radius 2 is 1.85 bits per heavy atom. The summed E-state index contributed by atoms with van der Waals surface area (Å²) in [5, 5.41) is 7.46. The van der Waals surface area contributed by atoms with Crippen LogP contribution < -0.4 is 4.72 Å². The summed E-state index contributed by atoms with van der Waals surface area (Å²) >= 11 is 0. The van der Waals surface area contributed by atoms with Crippen molar-refractivity contribution in [2.24, 2.45) is 0 Å². The zero-order valence-electron chi connectivity index (χ0n) is 10.8. The van der Waals surface area contributed by atoms with Gasteiger partial charge in [0.25, 0.3) is 10.0 Å². The van der Waals surface area contributed by atoms with Crippen LogP contribution in [0.5, 0.6) is 0 Å². The molecule has 0 aliphatic rings. The van der Waals surface area contributed by atoms with Crippen molar-refractivity contribution in [2.75, 3.05) is 4.72 Å². The van der Waals surface area contributed by atoms with Gasteiger partial charge in [-0.1, -0.05) is 23.8 Å². The van der Waals surface area contributed by atoms with E-state index in [1.165, 1.54) is 0 Å². The first kappa shape index (κ1) is 12.7. The molecule has 2 aromatic carbocycles. The molecule has 0 aliphatic heterocycles. The fourth-order valence-electron chi connectivity index (χ4n) is 1.98. The lowest BCUT2D eigenvalue weighted by atomic mass is 10.2. The minimum atomic E-state index is -3.59. The van der Waals surface area contributed by atoms with Gasteiger partial charge in [0.15, 0.2) is 0 Å². The van der Waals surface area contributed by atoms with Crippen LogP contribution in [0.1, 0.15) is 5.56 Å². The molecular formula is C14H13N3O2S. The SMILES string of the molecule is Cc1ccc(S(=O)(=O)Nc2cccc3[nH]ncc23)cc1. The van der Waals surface area contributed by atoms with Crippen molar-refractivity contribution < 1.29 is 8.42 Å². The number of nitrogens with zero attached hydrogens (tertiary/aromatic N) is 1. The van der Waals surface area contributed by atoms with Gasteiger partial charge in [0, 0.05) is 5.39 Å². The molecule has 0 unspecified atom stereocenters. The van der Waals surface area contributed by atoms with E-state index < -0.39 is 10.0 Å². The van der Waals surface area contributed by atoms with Crippen molar-refractivity contribution in [3.63, 3.8) is 0 Å². The molecule has 1 aromatic heterocycles. The lowest BCUT2D eigenvalue weighted by Crippen LogP contribution is -2.13. The zero-order valence-corrected chi connectivity index (χ0v) is 11.6. The van der Waals surface area contributed by atoms with Crippen molar-refractivity contribution in [3.8, 4) is 0 Å². The molecule has 0 amide bonds. The van der Waals surface area contributed by atoms with Gasteiger partial charge in [-0.2, -0.15) is 5.10 Å². The molecule has 0 aliphatic carbocycles. The predicted octanol–water partition coefficient (Wildman–Crippen LogP) is 2.67. The Balaban J connectivity index is 2.01. The summed E-state index contributed by atoms with van der Waals surface area (Å²) in [6, 6.07) is 12.0. The fourth-order valence-corrected chi connectivity index (χ4v) is 3.06. The van der Waals surface area contributed by atoms with Crippen LogP contribution in [0.15, 0.2) is 53.6 Å². The summed E-state index contributed by atoms with van der Waals surface area (Å²) in [7, 11) is -3.59. The second-order valence-electron chi connectivity index (χ2n) is 4.56. The molecule has 2 N–H and O–H groups in total. The van der Waals surface area contributed by atoms with Crippen LogP contribution in [0.2, 0.25) is 0 Å². The zero-order chi connectivity index (χ0) is 14.2. The minimum absolute atomic E-state index is 0.239. The molecule has 0 fully saturated rings. The molecule has 1 heterocycles. The van der Waals surface area contributed by atoms with Crippen LogP contribution in [0.4, 0.5) is 5.69 Å². The number of hydrogen-bond donors (Lipinski definition) is 2. The van der Waals surface area contributed by atoms with Gasteiger partial charge in [-0.3, -0.25) is 9.82 Å². The van der Waals surface area contributed by atoms with Crippen LogP contribution in [-0.4, -0.2) is 18.6 Å². The van der Waals surface area contributed by atoms with Crippen molar-refractivity contribution in [1.29, 1.82) is 0 Å². The Labute approximate surface area is 116 Å². The van der Waals surface area contributed by atoms with Gasteiger partial charge in [0.2, 0.25) is 0 Å². The first-order valence-electron chi connectivity index (χ1n) is 6.08. The smallest absolute Gasteiger partial charge is 0.261 e. The Kier molecular flexibility index (Phi) is 2.94. The summed E-state index contributed by atoms with van der Waals surface area (Å²) < 4.78 is 27.3. The average Bonchev–Trinajstić information content (AvgIpc) is 2.88. The van der Waals surface area contributed by atoms with Crippen LogP contribution in [-0.2, 0) is 10.0 Å². The molecule has 6 heteroatoms. The predicted molar refractivity (Wildman–Crippen MR) is 78.1 cm³/mol. The van der Waals surface area contributed by atoms with E-state index in [0.29, 0.717) is 5.69 Å². The lowest BCUT2D eigenvalue weighted by Gasteiger charge is -2.09. The van der Waals surface area contributed by atoms with Crippen LogP contribution in [0, 0.1) is 6.92 Å². The molecule has 0 atom stereocenters. The average molecular weight is 287 g/mol. The third kappa shape index (κ3) is 2.25. The van der Waals surface area contributed by atoms with Gasteiger partial charge in [-0.05, 0) is 31.2 Å². The summed E-state index contributed by atoms with van der Waals surface area (Å²) in [5.41, 5.74) is 2.31. The largest absolute Gasteiger partial charge is 0.279 e. The molecule has 102 valence electrons. The van der Waals surface area contributed by atoms with E-state index in [-0.39, 0.29) is 4.90 Å². The second-order valence-corrected chi connectivity index (χ2v) is 6.24. The molecule has 5 nitrogen and oxygen atoms in total. The molecule has 0 spiro atoms. The van der Waals surface area contributed by atoms with Crippen LogP contribution in [0.3, 0.4) is 0 Å². The quantitative estimate of drug-likeness (QED) is 0.777. The Morgan fingerprint density at radius 3 is 2.60 bits per heavy atom. The molecule has 3 rings (SSSR count). The van der Waals surface area contributed by atoms with Crippen molar-refractivity contribution in [1.82, 2.24) is 10.2 Å². The number of fused-ring (bicyclic) bond motifs is 1. The van der Waals surface area contributed by atoms with Crippen molar-refractivity contribution >= 4 is 26.6 Å². The second kappa shape index (κ2) is 4.64. The maximum atomic E-state index is 12.3. The lowest BCUT2D eigenvalue weighted by molar-refractivity contribution is 0.601. The normalized spacial score (nSPS) is 11.7. The van der Waals surface area contributed by atoms with Crippen LogP contribution in [0.25, 0.3) is 10.9 Å². The number of anilines is 1. The van der Waals surface area contributed by atoms with Gasteiger partial charge in [-0.25, -0.2) is 8.42 Å². The summed E-state index contributed by atoms with van der Waals surface area (Å²) in [6.45, 7) is 1.91. The summed E-state index contributed by atoms with van der Waals surface area (Å²) in [4.78, 5) is 0.239. The molecule has 20 heavy (non-hydrogen) atoms. The number of nitrogens with one attached hydrogen (secondary N) is 2. The first-order valence-corrected chi connectivity index (χ1v) is 7.56.